The molecule has 0 saturated carbocycles. The molecule has 2 aromatic carbocycles. The van der Waals surface area contributed by atoms with Crippen molar-refractivity contribution in [2.24, 2.45) is 0 Å². The summed E-state index contributed by atoms with van der Waals surface area (Å²) in [5, 5.41) is 2.37. The number of hydrogen-bond acceptors (Lipinski definition) is 3. The second-order valence-corrected chi connectivity index (χ2v) is 6.21. The zero-order valence-electron chi connectivity index (χ0n) is 14.7. The van der Waals surface area contributed by atoms with Gasteiger partial charge in [-0.25, -0.2) is 0 Å². The van der Waals surface area contributed by atoms with Crippen LogP contribution in [0.15, 0.2) is 54.6 Å². The monoisotopic (exact) mass is 387 g/mol. The minimum absolute atomic E-state index is 0.0489. The standard InChI is InChI=1S/C20H16F3N3O2/c1-11-16(18(27)12-5-3-2-4-6-12)10-17(25-11)19(28)26-15-8-13(20(21,22)23)7-14(24)9-15/h2-10,25H,24H2,1H3,(H,26,28). The van der Waals surface area contributed by atoms with E-state index in [1.165, 1.54) is 12.1 Å². The van der Waals surface area contributed by atoms with Gasteiger partial charge in [-0.15, -0.1) is 0 Å². The van der Waals surface area contributed by atoms with Gasteiger partial charge in [0.25, 0.3) is 5.91 Å². The molecule has 1 aromatic heterocycles. The fourth-order valence-corrected chi connectivity index (χ4v) is 2.75. The SMILES string of the molecule is Cc1[nH]c(C(=O)Nc2cc(N)cc(C(F)(F)F)c2)cc1C(=O)c1ccccc1. The predicted octanol–water partition coefficient (Wildman–Crippen LogP) is 4.41. The highest BCUT2D eigenvalue weighted by molar-refractivity contribution is 6.12. The van der Waals surface area contributed by atoms with Crippen LogP contribution in [0.4, 0.5) is 24.5 Å². The summed E-state index contributed by atoms with van der Waals surface area (Å²) in [6, 6.07) is 12.7. The number of ketones is 1. The third kappa shape index (κ3) is 4.06. The number of aromatic amines is 1. The Hall–Kier alpha value is -3.55. The van der Waals surface area contributed by atoms with Gasteiger partial charge in [-0.1, -0.05) is 30.3 Å². The molecule has 0 atom stereocenters. The number of carbonyl (C=O) groups is 2. The van der Waals surface area contributed by atoms with Gasteiger partial charge in [-0.3, -0.25) is 9.59 Å². The molecular weight excluding hydrogens is 371 g/mol. The van der Waals surface area contributed by atoms with Crippen LogP contribution in [0.1, 0.15) is 37.7 Å². The van der Waals surface area contributed by atoms with Crippen molar-refractivity contribution in [3.63, 3.8) is 0 Å². The summed E-state index contributed by atoms with van der Waals surface area (Å²) in [5.74, 6) is -0.953. The summed E-state index contributed by atoms with van der Waals surface area (Å²) in [4.78, 5) is 27.8. The van der Waals surface area contributed by atoms with Crippen LogP contribution in [0.2, 0.25) is 0 Å². The first-order valence-electron chi connectivity index (χ1n) is 8.23. The van der Waals surface area contributed by atoms with E-state index in [0.29, 0.717) is 16.8 Å². The maximum absolute atomic E-state index is 12.9. The van der Waals surface area contributed by atoms with Crippen molar-refractivity contribution in [3.05, 3.63) is 82.7 Å². The van der Waals surface area contributed by atoms with E-state index in [-0.39, 0.29) is 22.9 Å². The number of carbonyl (C=O) groups excluding carboxylic acids is 2. The van der Waals surface area contributed by atoms with E-state index in [4.69, 9.17) is 5.73 Å². The smallest absolute Gasteiger partial charge is 0.399 e. The highest BCUT2D eigenvalue weighted by Gasteiger charge is 2.31. The summed E-state index contributed by atoms with van der Waals surface area (Å²) in [6.07, 6.45) is -4.59. The Bertz CT molecular complexity index is 1040. The normalized spacial score (nSPS) is 11.3. The van der Waals surface area contributed by atoms with Crippen molar-refractivity contribution in [2.45, 2.75) is 13.1 Å². The number of benzene rings is 2. The zero-order valence-corrected chi connectivity index (χ0v) is 14.7. The molecule has 8 heteroatoms. The number of aryl methyl sites for hydroxylation is 1. The average Bonchev–Trinajstić information content (AvgIpc) is 3.02. The second-order valence-electron chi connectivity index (χ2n) is 6.21. The van der Waals surface area contributed by atoms with Gasteiger partial charge >= 0.3 is 6.18 Å². The third-order valence-electron chi connectivity index (χ3n) is 4.08. The van der Waals surface area contributed by atoms with Crippen molar-refractivity contribution in [2.75, 3.05) is 11.1 Å². The average molecular weight is 387 g/mol. The van der Waals surface area contributed by atoms with E-state index in [9.17, 15) is 22.8 Å². The van der Waals surface area contributed by atoms with E-state index in [1.54, 1.807) is 37.3 Å². The number of nitrogen functional groups attached to an aromatic ring is 1. The molecule has 4 N–H and O–H groups in total. The highest BCUT2D eigenvalue weighted by atomic mass is 19.4. The van der Waals surface area contributed by atoms with Gasteiger partial charge < -0.3 is 16.0 Å². The van der Waals surface area contributed by atoms with Crippen LogP contribution in [-0.4, -0.2) is 16.7 Å². The van der Waals surface area contributed by atoms with Crippen LogP contribution in [-0.2, 0) is 6.18 Å². The molecule has 3 rings (SSSR count). The Balaban J connectivity index is 1.85. The number of halogens is 3. The van der Waals surface area contributed by atoms with Gasteiger partial charge in [0.1, 0.15) is 5.69 Å². The number of alkyl halides is 3. The van der Waals surface area contributed by atoms with E-state index >= 15 is 0 Å². The van der Waals surface area contributed by atoms with E-state index < -0.39 is 17.6 Å². The fraction of sp³-hybridized carbons (Fsp3) is 0.100. The molecule has 0 unspecified atom stereocenters. The van der Waals surface area contributed by atoms with E-state index in [0.717, 1.165) is 12.1 Å². The minimum Gasteiger partial charge on any atom is -0.399 e. The molecule has 144 valence electrons. The van der Waals surface area contributed by atoms with Crippen molar-refractivity contribution in [1.82, 2.24) is 4.98 Å². The number of hydrogen-bond donors (Lipinski definition) is 3. The maximum Gasteiger partial charge on any atom is 0.416 e. The molecule has 0 spiro atoms. The third-order valence-corrected chi connectivity index (χ3v) is 4.08. The Morgan fingerprint density at radius 3 is 2.36 bits per heavy atom. The Morgan fingerprint density at radius 2 is 1.71 bits per heavy atom. The van der Waals surface area contributed by atoms with Gasteiger partial charge in [0.2, 0.25) is 0 Å². The van der Waals surface area contributed by atoms with Crippen LogP contribution < -0.4 is 11.1 Å². The number of amides is 1. The molecule has 0 bridgehead atoms. The molecule has 0 fully saturated rings. The number of anilines is 2. The Morgan fingerprint density at radius 1 is 1.04 bits per heavy atom. The maximum atomic E-state index is 12.9. The summed E-state index contributed by atoms with van der Waals surface area (Å²) in [7, 11) is 0. The summed E-state index contributed by atoms with van der Waals surface area (Å²) in [5.41, 5.74) is 5.59. The topological polar surface area (TPSA) is 88.0 Å². The minimum atomic E-state index is -4.59. The van der Waals surface area contributed by atoms with Crippen LogP contribution in [0, 0.1) is 6.92 Å². The molecular formula is C20H16F3N3O2. The molecule has 0 aliphatic rings. The molecule has 0 aliphatic carbocycles. The second kappa shape index (κ2) is 7.22. The number of nitrogens with one attached hydrogen (secondary N) is 2. The molecule has 1 amide bonds. The van der Waals surface area contributed by atoms with Crippen molar-refractivity contribution in [3.8, 4) is 0 Å². The first-order valence-corrected chi connectivity index (χ1v) is 8.23. The van der Waals surface area contributed by atoms with Crippen molar-refractivity contribution < 1.29 is 22.8 Å². The summed E-state index contributed by atoms with van der Waals surface area (Å²) in [6.45, 7) is 1.63. The van der Waals surface area contributed by atoms with Crippen LogP contribution in [0.3, 0.4) is 0 Å². The first kappa shape index (κ1) is 19.2. The van der Waals surface area contributed by atoms with Gasteiger partial charge in [-0.05, 0) is 31.2 Å². The first-order chi connectivity index (χ1) is 13.1. The van der Waals surface area contributed by atoms with Crippen molar-refractivity contribution >= 4 is 23.1 Å². The fourth-order valence-electron chi connectivity index (χ4n) is 2.75. The number of aromatic nitrogens is 1. The number of nitrogens with two attached hydrogens (primary N) is 1. The van der Waals surface area contributed by atoms with Gasteiger partial charge in [-0.2, -0.15) is 13.2 Å². The molecule has 0 saturated heterocycles. The van der Waals surface area contributed by atoms with Crippen LogP contribution in [0.5, 0.6) is 0 Å². The van der Waals surface area contributed by atoms with E-state index in [2.05, 4.69) is 10.3 Å². The molecule has 28 heavy (non-hydrogen) atoms. The highest BCUT2D eigenvalue weighted by Crippen LogP contribution is 2.32. The lowest BCUT2D eigenvalue weighted by atomic mass is 10.0. The zero-order chi connectivity index (χ0) is 20.5. The lowest BCUT2D eigenvalue weighted by Gasteiger charge is -2.11. The van der Waals surface area contributed by atoms with Crippen LogP contribution >= 0.6 is 0 Å². The quantitative estimate of drug-likeness (QED) is 0.458. The predicted molar refractivity (Wildman–Crippen MR) is 99.2 cm³/mol. The summed E-state index contributed by atoms with van der Waals surface area (Å²) >= 11 is 0. The molecule has 3 aromatic rings. The van der Waals surface area contributed by atoms with Crippen molar-refractivity contribution in [1.29, 1.82) is 0 Å². The Kier molecular flexibility index (Phi) is 4.96. The number of rotatable bonds is 4. The van der Waals surface area contributed by atoms with Gasteiger partial charge in [0.15, 0.2) is 5.78 Å². The van der Waals surface area contributed by atoms with Crippen LogP contribution in [0.25, 0.3) is 0 Å². The molecule has 1 heterocycles. The van der Waals surface area contributed by atoms with Gasteiger partial charge in [0, 0.05) is 28.2 Å². The lowest BCUT2D eigenvalue weighted by Crippen LogP contribution is -2.14. The molecule has 5 nitrogen and oxygen atoms in total. The number of H-pyrrole nitrogens is 1. The Labute approximate surface area is 158 Å². The van der Waals surface area contributed by atoms with Gasteiger partial charge in [0.05, 0.1) is 5.56 Å². The molecule has 0 aliphatic heterocycles. The largest absolute Gasteiger partial charge is 0.416 e. The lowest BCUT2D eigenvalue weighted by molar-refractivity contribution is -0.137. The van der Waals surface area contributed by atoms with E-state index in [1.807, 2.05) is 0 Å². The molecule has 0 radical (unpaired) electrons. The summed E-state index contributed by atoms with van der Waals surface area (Å²) < 4.78 is 38.7.